The molecule has 0 unspecified atom stereocenters. The van der Waals surface area contributed by atoms with Gasteiger partial charge >= 0.3 is 0 Å². The van der Waals surface area contributed by atoms with Gasteiger partial charge in [-0.05, 0) is 24.3 Å². The molecule has 0 amide bonds. The maximum atomic E-state index is 11.6. The molecule has 1 aliphatic rings. The molecule has 0 bridgehead atoms. The number of Topliss-reactive ketones (excluding diaryl/α,β-unsaturated/α-hetero) is 1. The first-order valence-corrected chi connectivity index (χ1v) is 4.82. The van der Waals surface area contributed by atoms with E-state index in [4.69, 9.17) is 5.26 Å². The molecule has 2 rings (SSSR count). The quantitative estimate of drug-likeness (QED) is 0.679. The first-order chi connectivity index (χ1) is 6.83. The zero-order valence-electron chi connectivity index (χ0n) is 7.86. The van der Waals surface area contributed by atoms with E-state index < -0.39 is 0 Å². The van der Waals surface area contributed by atoms with E-state index in [1.807, 2.05) is 30.3 Å². The summed E-state index contributed by atoms with van der Waals surface area (Å²) in [5.41, 5.74) is 1.88. The SMILES string of the molecule is N#CCC(=O)c1ccccc1C1CC1. The number of hydrogen-bond acceptors (Lipinski definition) is 2. The van der Waals surface area contributed by atoms with Crippen molar-refractivity contribution in [2.45, 2.75) is 25.2 Å². The average molecular weight is 185 g/mol. The van der Waals surface area contributed by atoms with E-state index in [2.05, 4.69) is 0 Å². The number of ketones is 1. The molecule has 70 valence electrons. The van der Waals surface area contributed by atoms with Gasteiger partial charge in [0.15, 0.2) is 5.78 Å². The van der Waals surface area contributed by atoms with E-state index >= 15 is 0 Å². The van der Waals surface area contributed by atoms with E-state index in [-0.39, 0.29) is 12.2 Å². The number of nitrogens with zero attached hydrogens (tertiary/aromatic N) is 1. The number of nitriles is 1. The Kier molecular flexibility index (Phi) is 2.32. The molecule has 1 aliphatic carbocycles. The van der Waals surface area contributed by atoms with Crippen molar-refractivity contribution in [2.75, 3.05) is 0 Å². The van der Waals surface area contributed by atoms with Gasteiger partial charge in [0.05, 0.1) is 12.5 Å². The van der Waals surface area contributed by atoms with Crippen molar-refractivity contribution in [3.8, 4) is 6.07 Å². The maximum absolute atomic E-state index is 11.6. The molecular formula is C12H11NO. The monoisotopic (exact) mass is 185 g/mol. The maximum Gasteiger partial charge on any atom is 0.177 e. The Labute approximate surface area is 83.2 Å². The first kappa shape index (κ1) is 8.96. The molecular weight excluding hydrogens is 174 g/mol. The molecule has 0 aliphatic heterocycles. The molecule has 14 heavy (non-hydrogen) atoms. The third-order valence-electron chi connectivity index (χ3n) is 2.52. The Morgan fingerprint density at radius 3 is 2.79 bits per heavy atom. The molecule has 2 nitrogen and oxygen atoms in total. The number of rotatable bonds is 3. The lowest BCUT2D eigenvalue weighted by Gasteiger charge is -2.04. The third-order valence-corrected chi connectivity index (χ3v) is 2.52. The van der Waals surface area contributed by atoms with Gasteiger partial charge in [0.1, 0.15) is 0 Å². The largest absolute Gasteiger partial charge is 0.293 e. The van der Waals surface area contributed by atoms with E-state index in [0.717, 1.165) is 11.1 Å². The molecule has 0 radical (unpaired) electrons. The van der Waals surface area contributed by atoms with Crippen LogP contribution in [0.15, 0.2) is 24.3 Å². The number of hydrogen-bond donors (Lipinski definition) is 0. The fourth-order valence-corrected chi connectivity index (χ4v) is 1.67. The first-order valence-electron chi connectivity index (χ1n) is 4.82. The molecule has 0 atom stereocenters. The lowest BCUT2D eigenvalue weighted by atomic mass is 9.99. The summed E-state index contributed by atoms with van der Waals surface area (Å²) in [5, 5.41) is 8.47. The van der Waals surface area contributed by atoms with Crippen molar-refractivity contribution >= 4 is 5.78 Å². The van der Waals surface area contributed by atoms with Crippen molar-refractivity contribution < 1.29 is 4.79 Å². The smallest absolute Gasteiger partial charge is 0.177 e. The van der Waals surface area contributed by atoms with E-state index in [1.165, 1.54) is 12.8 Å². The number of carbonyl (C=O) groups is 1. The summed E-state index contributed by atoms with van der Waals surface area (Å²) in [6, 6.07) is 9.54. The van der Waals surface area contributed by atoms with Gasteiger partial charge in [-0.25, -0.2) is 0 Å². The van der Waals surface area contributed by atoms with Gasteiger partial charge in [-0.1, -0.05) is 24.3 Å². The van der Waals surface area contributed by atoms with Crippen LogP contribution in [0.2, 0.25) is 0 Å². The van der Waals surface area contributed by atoms with Crippen LogP contribution in [0.1, 0.15) is 41.1 Å². The minimum absolute atomic E-state index is 0.0102. The Morgan fingerprint density at radius 1 is 1.43 bits per heavy atom. The van der Waals surface area contributed by atoms with Crippen LogP contribution in [0.3, 0.4) is 0 Å². The Bertz CT molecular complexity index is 399. The zero-order chi connectivity index (χ0) is 9.97. The summed E-state index contributed by atoms with van der Waals surface area (Å²) in [7, 11) is 0. The van der Waals surface area contributed by atoms with Crippen LogP contribution in [0.5, 0.6) is 0 Å². The molecule has 1 aromatic carbocycles. The molecule has 1 saturated carbocycles. The van der Waals surface area contributed by atoms with Gasteiger partial charge in [-0.15, -0.1) is 0 Å². The van der Waals surface area contributed by atoms with Gasteiger partial charge in [-0.2, -0.15) is 5.26 Å². The van der Waals surface area contributed by atoms with Crippen molar-refractivity contribution in [3.05, 3.63) is 35.4 Å². The fraction of sp³-hybridized carbons (Fsp3) is 0.333. The Hall–Kier alpha value is -1.62. The third kappa shape index (κ3) is 1.67. The molecule has 2 heteroatoms. The standard InChI is InChI=1S/C12H11NO/c13-8-7-12(14)11-4-2-1-3-10(11)9-5-6-9/h1-4,9H,5-7H2. The minimum Gasteiger partial charge on any atom is -0.293 e. The van der Waals surface area contributed by atoms with E-state index in [0.29, 0.717) is 5.92 Å². The molecule has 0 heterocycles. The van der Waals surface area contributed by atoms with Crippen molar-refractivity contribution in [1.29, 1.82) is 5.26 Å². The summed E-state index contributed by atoms with van der Waals surface area (Å²) in [4.78, 5) is 11.6. The van der Waals surface area contributed by atoms with Gasteiger partial charge in [0.25, 0.3) is 0 Å². The molecule has 1 aromatic rings. The average Bonchev–Trinajstić information content (AvgIpc) is 3.01. The normalized spacial score (nSPS) is 14.8. The highest BCUT2D eigenvalue weighted by Crippen LogP contribution is 2.41. The van der Waals surface area contributed by atoms with E-state index in [1.54, 1.807) is 0 Å². The lowest BCUT2D eigenvalue weighted by molar-refractivity contribution is 0.0997. The summed E-state index contributed by atoms with van der Waals surface area (Å²) in [6.07, 6.45) is 2.34. The summed E-state index contributed by atoms with van der Waals surface area (Å²) >= 11 is 0. The predicted octanol–water partition coefficient (Wildman–Crippen LogP) is 2.66. The number of benzene rings is 1. The van der Waals surface area contributed by atoms with Crippen LogP contribution < -0.4 is 0 Å². The number of carbonyl (C=O) groups excluding carboxylic acids is 1. The van der Waals surface area contributed by atoms with Crippen LogP contribution in [0.4, 0.5) is 0 Å². The highest BCUT2D eigenvalue weighted by Gasteiger charge is 2.27. The molecule has 0 N–H and O–H groups in total. The summed E-state index contributed by atoms with van der Waals surface area (Å²) < 4.78 is 0. The van der Waals surface area contributed by atoms with Gasteiger partial charge in [0, 0.05) is 5.56 Å². The van der Waals surface area contributed by atoms with Crippen molar-refractivity contribution in [3.63, 3.8) is 0 Å². The highest BCUT2D eigenvalue weighted by molar-refractivity contribution is 5.98. The van der Waals surface area contributed by atoms with Crippen LogP contribution in [-0.2, 0) is 0 Å². The fourth-order valence-electron chi connectivity index (χ4n) is 1.67. The van der Waals surface area contributed by atoms with E-state index in [9.17, 15) is 4.79 Å². The minimum atomic E-state index is -0.0463. The molecule has 1 fully saturated rings. The Balaban J connectivity index is 2.32. The topological polar surface area (TPSA) is 40.9 Å². The second-order valence-corrected chi connectivity index (χ2v) is 3.62. The van der Waals surface area contributed by atoms with Crippen LogP contribution in [-0.4, -0.2) is 5.78 Å². The molecule has 0 saturated heterocycles. The van der Waals surface area contributed by atoms with Crippen LogP contribution in [0.25, 0.3) is 0 Å². The van der Waals surface area contributed by atoms with Gasteiger partial charge < -0.3 is 0 Å². The Morgan fingerprint density at radius 2 is 2.14 bits per heavy atom. The molecule has 0 aromatic heterocycles. The van der Waals surface area contributed by atoms with Crippen LogP contribution in [0, 0.1) is 11.3 Å². The highest BCUT2D eigenvalue weighted by atomic mass is 16.1. The van der Waals surface area contributed by atoms with Crippen molar-refractivity contribution in [1.82, 2.24) is 0 Å². The summed E-state index contributed by atoms with van der Waals surface area (Å²) in [6.45, 7) is 0. The van der Waals surface area contributed by atoms with Gasteiger partial charge in [0.2, 0.25) is 0 Å². The van der Waals surface area contributed by atoms with Crippen LogP contribution >= 0.6 is 0 Å². The van der Waals surface area contributed by atoms with Gasteiger partial charge in [-0.3, -0.25) is 4.79 Å². The lowest BCUT2D eigenvalue weighted by Crippen LogP contribution is -2.01. The molecule has 0 spiro atoms. The van der Waals surface area contributed by atoms with Crippen molar-refractivity contribution in [2.24, 2.45) is 0 Å². The zero-order valence-corrected chi connectivity index (χ0v) is 7.86. The predicted molar refractivity (Wildman–Crippen MR) is 53.0 cm³/mol. The second-order valence-electron chi connectivity index (χ2n) is 3.62. The summed E-state index contributed by atoms with van der Waals surface area (Å²) in [5.74, 6) is 0.517. The second kappa shape index (κ2) is 3.63.